The summed E-state index contributed by atoms with van der Waals surface area (Å²) >= 11 is 1.44. The number of nitrogens with zero attached hydrogens (tertiary/aromatic N) is 2. The van der Waals surface area contributed by atoms with Gasteiger partial charge in [0.25, 0.3) is 11.5 Å². The highest BCUT2D eigenvalue weighted by atomic mass is 32.1. The van der Waals surface area contributed by atoms with Crippen LogP contribution in [0.3, 0.4) is 0 Å². The highest BCUT2D eigenvalue weighted by Crippen LogP contribution is 2.25. The van der Waals surface area contributed by atoms with E-state index in [1.807, 2.05) is 45.9 Å². The third-order valence-electron chi connectivity index (χ3n) is 4.49. The Morgan fingerprint density at radius 3 is 2.71 bits per heavy atom. The van der Waals surface area contributed by atoms with Gasteiger partial charge in [0.05, 0.1) is 11.7 Å². The van der Waals surface area contributed by atoms with Crippen LogP contribution in [0.1, 0.15) is 21.6 Å². The van der Waals surface area contributed by atoms with Crippen molar-refractivity contribution in [3.63, 3.8) is 0 Å². The monoisotopic (exact) mass is 399 g/mol. The molecule has 3 aromatic rings. The van der Waals surface area contributed by atoms with E-state index in [1.165, 1.54) is 22.2 Å². The highest BCUT2D eigenvalue weighted by Gasteiger charge is 2.15. The summed E-state index contributed by atoms with van der Waals surface area (Å²) in [7, 11) is 0. The summed E-state index contributed by atoms with van der Waals surface area (Å²) in [4.78, 5) is 42.6. The normalized spacial score (nSPS) is 10.9. The second-order valence-corrected chi connectivity index (χ2v) is 7.87. The largest absolute Gasteiger partial charge is 0.454 e. The van der Waals surface area contributed by atoms with Gasteiger partial charge in [-0.15, -0.1) is 11.3 Å². The van der Waals surface area contributed by atoms with Crippen LogP contribution >= 0.6 is 11.3 Å². The molecule has 1 amide bonds. The minimum absolute atomic E-state index is 0.288. The van der Waals surface area contributed by atoms with Crippen molar-refractivity contribution in [2.75, 3.05) is 11.9 Å². The molecule has 2 heterocycles. The number of thiophene rings is 1. The van der Waals surface area contributed by atoms with E-state index in [4.69, 9.17) is 4.74 Å². The number of fused-ring (bicyclic) bond motifs is 1. The highest BCUT2D eigenvalue weighted by molar-refractivity contribution is 7.18. The summed E-state index contributed by atoms with van der Waals surface area (Å²) in [6.45, 7) is 6.87. The smallest absolute Gasteiger partial charge is 0.326 e. The molecular formula is C20H21N3O4S. The zero-order valence-electron chi connectivity index (χ0n) is 16.2. The van der Waals surface area contributed by atoms with Gasteiger partial charge in [-0.3, -0.25) is 19.0 Å². The maximum Gasteiger partial charge on any atom is 0.326 e. The standard InChI is InChI=1S/C20H21N3O4S/c1-11-5-6-12(2)15(7-11)22-16(24)9-27-17(25)8-23-10-21-19-18(20(23)26)13(3)14(4)28-19/h5-7,10H,8-9H2,1-4H3,(H,22,24). The molecule has 3 rings (SSSR count). The fourth-order valence-electron chi connectivity index (χ4n) is 2.77. The quantitative estimate of drug-likeness (QED) is 0.666. The number of hydrogen-bond acceptors (Lipinski definition) is 6. The Kier molecular flexibility index (Phi) is 5.60. The van der Waals surface area contributed by atoms with Crippen LogP contribution in [0.2, 0.25) is 0 Å². The molecule has 146 valence electrons. The van der Waals surface area contributed by atoms with E-state index in [9.17, 15) is 14.4 Å². The van der Waals surface area contributed by atoms with Crippen molar-refractivity contribution in [3.8, 4) is 0 Å². The van der Waals surface area contributed by atoms with Crippen LogP contribution in [0.25, 0.3) is 10.2 Å². The van der Waals surface area contributed by atoms with E-state index in [0.29, 0.717) is 15.9 Å². The summed E-state index contributed by atoms with van der Waals surface area (Å²) in [5.74, 6) is -1.11. The second-order valence-electron chi connectivity index (χ2n) is 6.67. The molecule has 0 aliphatic carbocycles. The lowest BCUT2D eigenvalue weighted by atomic mass is 10.1. The molecule has 0 unspecified atom stereocenters. The van der Waals surface area contributed by atoms with E-state index in [2.05, 4.69) is 10.3 Å². The number of aromatic nitrogens is 2. The van der Waals surface area contributed by atoms with Crippen molar-refractivity contribution < 1.29 is 14.3 Å². The lowest BCUT2D eigenvalue weighted by molar-refractivity contribution is -0.147. The van der Waals surface area contributed by atoms with Gasteiger partial charge in [-0.1, -0.05) is 12.1 Å². The second kappa shape index (κ2) is 7.93. The maximum absolute atomic E-state index is 12.6. The zero-order valence-corrected chi connectivity index (χ0v) is 17.0. The van der Waals surface area contributed by atoms with Crippen molar-refractivity contribution in [1.82, 2.24) is 9.55 Å². The van der Waals surface area contributed by atoms with Gasteiger partial charge in [-0.2, -0.15) is 0 Å². The number of carbonyl (C=O) groups excluding carboxylic acids is 2. The van der Waals surface area contributed by atoms with Crippen molar-refractivity contribution >= 4 is 39.1 Å². The Labute approximate surface area is 166 Å². The first-order valence-corrected chi connectivity index (χ1v) is 9.55. The van der Waals surface area contributed by atoms with Gasteiger partial charge in [0.1, 0.15) is 11.4 Å². The molecule has 7 nitrogen and oxygen atoms in total. The first-order chi connectivity index (χ1) is 13.3. The molecular weight excluding hydrogens is 378 g/mol. The number of nitrogens with one attached hydrogen (secondary N) is 1. The van der Waals surface area contributed by atoms with Crippen LogP contribution in [0.4, 0.5) is 5.69 Å². The van der Waals surface area contributed by atoms with Crippen molar-refractivity contribution in [3.05, 3.63) is 56.4 Å². The predicted octanol–water partition coefficient (Wildman–Crippen LogP) is 2.87. The molecule has 1 N–H and O–H groups in total. The summed E-state index contributed by atoms with van der Waals surface area (Å²) in [5.41, 5.74) is 3.18. The Hall–Kier alpha value is -3.00. The topological polar surface area (TPSA) is 90.3 Å². The van der Waals surface area contributed by atoms with E-state index in [0.717, 1.165) is 21.6 Å². The molecule has 2 aromatic heterocycles. The Balaban J connectivity index is 1.63. The lowest BCUT2D eigenvalue weighted by Gasteiger charge is -2.10. The summed E-state index contributed by atoms with van der Waals surface area (Å²) in [6.07, 6.45) is 1.33. The number of rotatable bonds is 5. The van der Waals surface area contributed by atoms with Crippen molar-refractivity contribution in [1.29, 1.82) is 0 Å². The predicted molar refractivity (Wildman–Crippen MR) is 109 cm³/mol. The fraction of sp³-hybridized carbons (Fsp3) is 0.300. The molecule has 28 heavy (non-hydrogen) atoms. The van der Waals surface area contributed by atoms with E-state index in [-0.39, 0.29) is 12.1 Å². The number of amides is 1. The van der Waals surface area contributed by atoms with Crippen LogP contribution < -0.4 is 10.9 Å². The van der Waals surface area contributed by atoms with E-state index >= 15 is 0 Å². The molecule has 1 aromatic carbocycles. The van der Waals surface area contributed by atoms with Crippen LogP contribution in [-0.4, -0.2) is 28.0 Å². The Morgan fingerprint density at radius 1 is 1.21 bits per heavy atom. The van der Waals surface area contributed by atoms with Crippen LogP contribution in [0, 0.1) is 27.7 Å². The average molecular weight is 399 g/mol. The molecule has 8 heteroatoms. The minimum atomic E-state index is -0.677. The molecule has 0 radical (unpaired) electrons. The third kappa shape index (κ3) is 4.12. The van der Waals surface area contributed by atoms with Gasteiger partial charge in [0.2, 0.25) is 0 Å². The number of aryl methyl sites for hydroxylation is 4. The summed E-state index contributed by atoms with van der Waals surface area (Å²) < 4.78 is 6.22. The fourth-order valence-corrected chi connectivity index (χ4v) is 3.76. The Bertz CT molecular complexity index is 1130. The number of hydrogen-bond donors (Lipinski definition) is 1. The van der Waals surface area contributed by atoms with Gasteiger partial charge < -0.3 is 10.1 Å². The summed E-state index contributed by atoms with van der Waals surface area (Å²) in [5, 5.41) is 3.24. The zero-order chi connectivity index (χ0) is 20.4. The number of anilines is 1. The van der Waals surface area contributed by atoms with Crippen molar-refractivity contribution in [2.24, 2.45) is 0 Å². The average Bonchev–Trinajstić information content (AvgIpc) is 2.94. The molecule has 0 atom stereocenters. The molecule has 0 aliphatic heterocycles. The molecule has 0 saturated carbocycles. The molecule has 0 spiro atoms. The van der Waals surface area contributed by atoms with Gasteiger partial charge >= 0.3 is 5.97 Å². The van der Waals surface area contributed by atoms with Crippen molar-refractivity contribution in [2.45, 2.75) is 34.2 Å². The van der Waals surface area contributed by atoms with Crippen LogP contribution in [0.15, 0.2) is 29.3 Å². The van der Waals surface area contributed by atoms with Gasteiger partial charge in [-0.05, 0) is 50.5 Å². The number of ether oxygens (including phenoxy) is 1. The minimum Gasteiger partial charge on any atom is -0.454 e. The maximum atomic E-state index is 12.6. The number of benzene rings is 1. The molecule has 0 saturated heterocycles. The van der Waals surface area contributed by atoms with E-state index < -0.39 is 18.5 Å². The SMILES string of the molecule is Cc1ccc(C)c(NC(=O)COC(=O)Cn2cnc3sc(C)c(C)c3c2=O)c1. The number of esters is 1. The molecule has 0 bridgehead atoms. The van der Waals surface area contributed by atoms with Crippen LogP contribution in [0.5, 0.6) is 0 Å². The van der Waals surface area contributed by atoms with Crippen LogP contribution in [-0.2, 0) is 20.9 Å². The summed E-state index contributed by atoms with van der Waals surface area (Å²) in [6, 6.07) is 5.70. The van der Waals surface area contributed by atoms with Gasteiger partial charge in [-0.25, -0.2) is 4.98 Å². The first-order valence-electron chi connectivity index (χ1n) is 8.74. The lowest BCUT2D eigenvalue weighted by Crippen LogP contribution is -2.28. The van der Waals surface area contributed by atoms with E-state index in [1.54, 1.807) is 0 Å². The van der Waals surface area contributed by atoms with Gasteiger partial charge in [0.15, 0.2) is 6.61 Å². The Morgan fingerprint density at radius 2 is 1.96 bits per heavy atom. The van der Waals surface area contributed by atoms with Gasteiger partial charge in [0, 0.05) is 10.6 Å². The molecule has 0 fully saturated rings. The first kappa shape index (κ1) is 19.8. The molecule has 0 aliphatic rings. The third-order valence-corrected chi connectivity index (χ3v) is 5.60. The number of carbonyl (C=O) groups is 2.